The molecular weight excluding hydrogens is 352 g/mol. The number of hydrogen-bond acceptors (Lipinski definition) is 5. The van der Waals surface area contributed by atoms with Crippen molar-refractivity contribution < 1.29 is 9.59 Å². The van der Waals surface area contributed by atoms with Gasteiger partial charge in [0.15, 0.2) is 12.6 Å². The van der Waals surface area contributed by atoms with Gasteiger partial charge in [-0.1, -0.05) is 12.1 Å². The van der Waals surface area contributed by atoms with Crippen LogP contribution in [0.4, 0.5) is 5.69 Å². The molecule has 0 saturated carbocycles. The number of para-hydroxylation sites is 1. The van der Waals surface area contributed by atoms with Crippen LogP contribution in [0.15, 0.2) is 47.6 Å². The largest absolute Gasteiger partial charge is 0.398 e. The molecule has 3 rings (SSSR count). The number of aromatic nitrogens is 1. The smallest absolute Gasteiger partial charge is 0.152 e. The Balaban J connectivity index is 0.000000186. The maximum absolute atomic E-state index is 10.8. The Morgan fingerprint density at radius 2 is 1.84 bits per heavy atom. The molecular formula is C19H20N2O2S2. The van der Waals surface area contributed by atoms with E-state index in [1.54, 1.807) is 30.2 Å². The summed E-state index contributed by atoms with van der Waals surface area (Å²) >= 11 is 3.60. The van der Waals surface area contributed by atoms with Crippen molar-refractivity contribution in [3.63, 3.8) is 0 Å². The van der Waals surface area contributed by atoms with E-state index in [-0.39, 0.29) is 0 Å². The third kappa shape index (κ3) is 4.67. The van der Waals surface area contributed by atoms with Crippen molar-refractivity contribution in [1.29, 1.82) is 0 Å². The highest BCUT2D eigenvalue weighted by Gasteiger charge is 2.16. The summed E-state index contributed by atoms with van der Waals surface area (Å²) in [5.41, 5.74) is 10.5. The second-order valence-electron chi connectivity index (χ2n) is 5.31. The number of aromatic amines is 1. The molecule has 0 amide bonds. The lowest BCUT2D eigenvalue weighted by Gasteiger charge is -2.03. The lowest BCUT2D eigenvalue weighted by Crippen LogP contribution is -1.91. The summed E-state index contributed by atoms with van der Waals surface area (Å²) in [5.74, 6) is 0. The number of nitrogen functional groups attached to an aromatic ring is 1. The molecule has 0 spiro atoms. The number of rotatable bonds is 5. The maximum atomic E-state index is 10.8. The number of nitrogens with one attached hydrogen (secondary N) is 1. The topological polar surface area (TPSA) is 76.0 Å². The fraction of sp³-hybridized carbons (Fsp3) is 0.158. The molecule has 3 N–H and O–H groups in total. The molecule has 1 aromatic carbocycles. The molecule has 1 aliphatic carbocycles. The number of pyridine rings is 1. The molecule has 1 aliphatic heterocycles. The van der Waals surface area contributed by atoms with Crippen molar-refractivity contribution >= 4 is 41.8 Å². The molecule has 4 nitrogen and oxygen atoms in total. The van der Waals surface area contributed by atoms with Gasteiger partial charge in [-0.2, -0.15) is 11.8 Å². The normalized spacial score (nSPS) is 10.2. The number of hydrogen-bond donors (Lipinski definition) is 2. The number of aryl methyl sites for hydroxylation is 1. The maximum Gasteiger partial charge on any atom is 0.152 e. The summed E-state index contributed by atoms with van der Waals surface area (Å²) in [7, 11) is 0. The summed E-state index contributed by atoms with van der Waals surface area (Å²) < 4.78 is 0. The minimum Gasteiger partial charge on any atom is -0.398 e. The first-order valence-corrected chi connectivity index (χ1v) is 9.97. The summed E-state index contributed by atoms with van der Waals surface area (Å²) in [6, 6.07) is 9.74. The highest BCUT2D eigenvalue weighted by atomic mass is 32.2. The predicted molar refractivity (Wildman–Crippen MR) is 108 cm³/mol. The Hall–Kier alpha value is -2.18. The van der Waals surface area contributed by atoms with Gasteiger partial charge in [0.25, 0.3) is 0 Å². The van der Waals surface area contributed by atoms with Crippen LogP contribution in [0.5, 0.6) is 0 Å². The van der Waals surface area contributed by atoms with Gasteiger partial charge >= 0.3 is 0 Å². The van der Waals surface area contributed by atoms with E-state index in [2.05, 4.69) is 17.3 Å². The zero-order valence-corrected chi connectivity index (χ0v) is 15.7. The van der Waals surface area contributed by atoms with Gasteiger partial charge in [-0.15, -0.1) is 11.8 Å². The van der Waals surface area contributed by atoms with Crippen LogP contribution in [0.3, 0.4) is 0 Å². The van der Waals surface area contributed by atoms with E-state index in [1.807, 2.05) is 36.9 Å². The lowest BCUT2D eigenvalue weighted by molar-refractivity contribution is 0.111. The van der Waals surface area contributed by atoms with E-state index >= 15 is 0 Å². The Labute approximate surface area is 155 Å². The summed E-state index contributed by atoms with van der Waals surface area (Å²) in [6.07, 6.45) is 7.06. The van der Waals surface area contributed by atoms with Crippen molar-refractivity contribution in [2.24, 2.45) is 0 Å². The first-order chi connectivity index (χ1) is 12.1. The van der Waals surface area contributed by atoms with Crippen molar-refractivity contribution in [2.45, 2.75) is 11.8 Å². The average Bonchev–Trinajstić information content (AvgIpc) is 2.98. The second kappa shape index (κ2) is 9.34. The molecule has 25 heavy (non-hydrogen) atoms. The van der Waals surface area contributed by atoms with E-state index in [1.165, 1.54) is 4.90 Å². The zero-order valence-electron chi connectivity index (χ0n) is 14.1. The van der Waals surface area contributed by atoms with Crippen LogP contribution in [0, 0.1) is 6.92 Å². The number of carbonyl (C=O) groups is 2. The van der Waals surface area contributed by atoms with Crippen LogP contribution >= 0.6 is 23.5 Å². The Morgan fingerprint density at radius 3 is 2.48 bits per heavy atom. The molecule has 0 radical (unpaired) electrons. The summed E-state index contributed by atoms with van der Waals surface area (Å²) in [5, 5.41) is 1.06. The molecule has 0 fully saturated rings. The number of carbonyl (C=O) groups excluding carboxylic acids is 2. The Morgan fingerprint density at radius 1 is 1.12 bits per heavy atom. The van der Waals surface area contributed by atoms with Crippen LogP contribution in [0.25, 0.3) is 11.1 Å². The minimum atomic E-state index is 0.591. The van der Waals surface area contributed by atoms with Gasteiger partial charge < -0.3 is 10.7 Å². The molecule has 0 unspecified atom stereocenters. The van der Waals surface area contributed by atoms with Gasteiger partial charge in [0, 0.05) is 44.8 Å². The highest BCUT2D eigenvalue weighted by Crippen LogP contribution is 2.32. The van der Waals surface area contributed by atoms with Gasteiger partial charge in [0.2, 0.25) is 0 Å². The number of benzene rings is 1. The van der Waals surface area contributed by atoms with Gasteiger partial charge in [0.1, 0.15) is 0 Å². The van der Waals surface area contributed by atoms with Crippen LogP contribution in [0.1, 0.15) is 26.3 Å². The predicted octanol–water partition coefficient (Wildman–Crippen LogP) is 4.73. The molecule has 0 saturated heterocycles. The van der Waals surface area contributed by atoms with Gasteiger partial charge in [-0.3, -0.25) is 9.59 Å². The fourth-order valence-electron chi connectivity index (χ4n) is 2.49. The van der Waals surface area contributed by atoms with Crippen molar-refractivity contribution in [3.05, 3.63) is 59.4 Å². The monoisotopic (exact) mass is 372 g/mol. The first kappa shape index (κ1) is 19.1. The quantitative estimate of drug-likeness (QED) is 0.293. The third-order valence-corrected chi connectivity index (χ3v) is 5.70. The van der Waals surface area contributed by atoms with Crippen LogP contribution in [-0.2, 0) is 0 Å². The molecule has 0 aromatic heterocycles. The Bertz CT molecular complexity index is 830. The molecule has 2 aliphatic rings. The van der Waals surface area contributed by atoms with Crippen LogP contribution in [0.2, 0.25) is 0 Å². The standard InChI is InChI=1S/C11H9NO2.C8H11NS2/c1-7-2-8(5-13)10-4-12-3-9(6-14)11(7)10;1-10-6-11-8-5-3-2-4-7(8)9/h2-6,12H,1H3;2-5H,6,9H2,1H3. The van der Waals surface area contributed by atoms with Crippen molar-refractivity contribution in [3.8, 4) is 11.1 Å². The molecule has 1 aromatic rings. The number of H-pyrrole nitrogens is 1. The average molecular weight is 373 g/mol. The third-order valence-electron chi connectivity index (χ3n) is 3.61. The van der Waals surface area contributed by atoms with Gasteiger partial charge in [0.05, 0.1) is 0 Å². The number of nitrogens with two attached hydrogens (primary N) is 1. The van der Waals surface area contributed by atoms with E-state index < -0.39 is 0 Å². The Kier molecular flexibility index (Phi) is 7.16. The second-order valence-corrected chi connectivity index (χ2v) is 7.56. The summed E-state index contributed by atoms with van der Waals surface area (Å²) in [4.78, 5) is 25.5. The van der Waals surface area contributed by atoms with E-state index in [0.29, 0.717) is 11.1 Å². The minimum absolute atomic E-state index is 0.591. The number of thioether (sulfide) groups is 2. The zero-order chi connectivity index (χ0) is 18.2. The molecule has 0 bridgehead atoms. The molecule has 130 valence electrons. The summed E-state index contributed by atoms with van der Waals surface area (Å²) in [6.45, 7) is 1.89. The number of fused-ring (bicyclic) bond motifs is 1. The van der Waals surface area contributed by atoms with E-state index in [4.69, 9.17) is 5.73 Å². The molecule has 6 heteroatoms. The highest BCUT2D eigenvalue weighted by molar-refractivity contribution is 8.15. The lowest BCUT2D eigenvalue weighted by atomic mass is 10.0. The van der Waals surface area contributed by atoms with E-state index in [9.17, 15) is 9.59 Å². The SMILES string of the molecule is CSCSc1ccccc1N.Cc1cc(C=O)c2c[nH]cc(C=O)c1-2. The number of anilines is 1. The van der Waals surface area contributed by atoms with Crippen LogP contribution < -0.4 is 5.73 Å². The van der Waals surface area contributed by atoms with Gasteiger partial charge in [-0.05, 0) is 42.5 Å². The fourth-order valence-corrected chi connectivity index (χ4v) is 3.88. The van der Waals surface area contributed by atoms with Crippen molar-refractivity contribution in [1.82, 2.24) is 4.98 Å². The van der Waals surface area contributed by atoms with Crippen LogP contribution in [-0.4, -0.2) is 28.9 Å². The molecule has 1 heterocycles. The van der Waals surface area contributed by atoms with E-state index in [0.717, 1.165) is 40.0 Å². The number of aldehydes is 2. The van der Waals surface area contributed by atoms with Crippen molar-refractivity contribution in [2.75, 3.05) is 17.1 Å². The molecule has 0 atom stereocenters. The van der Waals surface area contributed by atoms with Gasteiger partial charge in [-0.25, -0.2) is 0 Å². The first-order valence-electron chi connectivity index (χ1n) is 7.59.